The van der Waals surface area contributed by atoms with Gasteiger partial charge in [-0.05, 0) is 18.8 Å². The number of aromatic nitrogens is 3. The molecular formula is C12H22ClN3. The van der Waals surface area contributed by atoms with Crippen molar-refractivity contribution >= 4 is 11.6 Å². The lowest BCUT2D eigenvalue weighted by Crippen LogP contribution is -2.12. The highest BCUT2D eigenvalue weighted by molar-refractivity contribution is 6.20. The van der Waals surface area contributed by atoms with Crippen LogP contribution in [0.25, 0.3) is 0 Å². The molecule has 4 heteroatoms. The second kappa shape index (κ2) is 6.89. The van der Waals surface area contributed by atoms with Gasteiger partial charge in [-0.1, -0.05) is 27.2 Å². The lowest BCUT2D eigenvalue weighted by Gasteiger charge is -2.10. The van der Waals surface area contributed by atoms with E-state index in [1.165, 1.54) is 0 Å². The first-order chi connectivity index (χ1) is 7.63. The van der Waals surface area contributed by atoms with Gasteiger partial charge in [0.2, 0.25) is 0 Å². The van der Waals surface area contributed by atoms with Crippen molar-refractivity contribution in [1.29, 1.82) is 0 Å². The number of hydrogen-bond donors (Lipinski definition) is 0. The number of rotatable bonds is 7. The van der Waals surface area contributed by atoms with E-state index in [2.05, 4.69) is 30.9 Å². The second-order valence-corrected chi connectivity index (χ2v) is 5.29. The first kappa shape index (κ1) is 13.5. The Bertz CT molecular complexity index is 296. The Morgan fingerprint density at radius 1 is 1.38 bits per heavy atom. The highest BCUT2D eigenvalue weighted by Crippen LogP contribution is 2.13. The van der Waals surface area contributed by atoms with Gasteiger partial charge in [0.15, 0.2) is 0 Å². The molecule has 1 unspecified atom stereocenters. The van der Waals surface area contributed by atoms with Gasteiger partial charge in [0, 0.05) is 18.3 Å². The van der Waals surface area contributed by atoms with E-state index >= 15 is 0 Å². The minimum atomic E-state index is 0.272. The number of alkyl halides is 1. The van der Waals surface area contributed by atoms with E-state index in [-0.39, 0.29) is 5.38 Å². The lowest BCUT2D eigenvalue weighted by atomic mass is 10.1. The van der Waals surface area contributed by atoms with Crippen LogP contribution in [0.4, 0.5) is 0 Å². The molecule has 1 atom stereocenters. The summed E-state index contributed by atoms with van der Waals surface area (Å²) >= 11 is 6.20. The summed E-state index contributed by atoms with van der Waals surface area (Å²) in [6.45, 7) is 7.48. The van der Waals surface area contributed by atoms with Crippen LogP contribution in [-0.2, 0) is 13.0 Å². The van der Waals surface area contributed by atoms with Crippen molar-refractivity contribution in [2.45, 2.75) is 58.4 Å². The Kier molecular flexibility index (Phi) is 5.81. The standard InChI is InChI=1S/C12H22ClN3/c1-4-5-11(13)6-7-12-14-9-15-16(12)8-10(2)3/h9-11H,4-8H2,1-3H3. The molecule has 0 N–H and O–H groups in total. The minimum Gasteiger partial charge on any atom is -0.250 e. The quantitative estimate of drug-likeness (QED) is 0.689. The van der Waals surface area contributed by atoms with Crippen molar-refractivity contribution in [2.24, 2.45) is 5.92 Å². The van der Waals surface area contributed by atoms with Crippen molar-refractivity contribution in [1.82, 2.24) is 14.8 Å². The second-order valence-electron chi connectivity index (χ2n) is 4.68. The Hall–Kier alpha value is -0.570. The van der Waals surface area contributed by atoms with Gasteiger partial charge in [0.05, 0.1) is 0 Å². The van der Waals surface area contributed by atoms with Gasteiger partial charge in [0.25, 0.3) is 0 Å². The zero-order chi connectivity index (χ0) is 12.0. The molecule has 16 heavy (non-hydrogen) atoms. The van der Waals surface area contributed by atoms with Crippen molar-refractivity contribution in [3.8, 4) is 0 Å². The molecule has 0 aliphatic heterocycles. The SMILES string of the molecule is CCCC(Cl)CCc1ncnn1CC(C)C. The zero-order valence-electron chi connectivity index (χ0n) is 10.5. The van der Waals surface area contributed by atoms with Gasteiger partial charge in [-0.2, -0.15) is 5.10 Å². The first-order valence-corrected chi connectivity index (χ1v) is 6.57. The number of hydrogen-bond acceptors (Lipinski definition) is 2. The maximum Gasteiger partial charge on any atom is 0.138 e. The van der Waals surface area contributed by atoms with Crippen molar-refractivity contribution in [3.05, 3.63) is 12.2 Å². The Labute approximate surface area is 103 Å². The molecule has 1 aromatic rings. The minimum absolute atomic E-state index is 0.272. The van der Waals surface area contributed by atoms with Gasteiger partial charge in [0.1, 0.15) is 12.2 Å². The van der Waals surface area contributed by atoms with E-state index in [4.69, 9.17) is 11.6 Å². The maximum absolute atomic E-state index is 6.20. The van der Waals surface area contributed by atoms with Crippen molar-refractivity contribution in [3.63, 3.8) is 0 Å². The molecule has 0 aromatic carbocycles. The van der Waals surface area contributed by atoms with Gasteiger partial charge >= 0.3 is 0 Å². The third-order valence-corrected chi connectivity index (χ3v) is 2.95. The molecule has 1 heterocycles. The third-order valence-electron chi connectivity index (χ3n) is 2.52. The van der Waals surface area contributed by atoms with E-state index in [0.717, 1.165) is 38.1 Å². The van der Waals surface area contributed by atoms with Crippen LogP contribution in [0.5, 0.6) is 0 Å². The largest absolute Gasteiger partial charge is 0.250 e. The molecule has 0 spiro atoms. The maximum atomic E-state index is 6.20. The lowest BCUT2D eigenvalue weighted by molar-refractivity contribution is 0.462. The predicted molar refractivity (Wildman–Crippen MR) is 67.7 cm³/mol. The van der Waals surface area contributed by atoms with E-state index in [0.29, 0.717) is 5.92 Å². The molecule has 0 aliphatic carbocycles. The fourth-order valence-electron chi connectivity index (χ4n) is 1.72. The summed E-state index contributed by atoms with van der Waals surface area (Å²) < 4.78 is 2.00. The molecule has 0 saturated carbocycles. The summed E-state index contributed by atoms with van der Waals surface area (Å²) in [6.07, 6.45) is 5.79. The fourth-order valence-corrected chi connectivity index (χ4v) is 2.05. The average Bonchev–Trinajstić information content (AvgIpc) is 2.62. The van der Waals surface area contributed by atoms with E-state index in [1.54, 1.807) is 6.33 Å². The van der Waals surface area contributed by atoms with Gasteiger partial charge in [-0.15, -0.1) is 11.6 Å². The summed E-state index contributed by atoms with van der Waals surface area (Å²) in [5.41, 5.74) is 0. The van der Waals surface area contributed by atoms with Crippen LogP contribution in [0.15, 0.2) is 6.33 Å². The van der Waals surface area contributed by atoms with Crippen LogP contribution in [0.1, 0.15) is 45.9 Å². The van der Waals surface area contributed by atoms with Crippen LogP contribution in [-0.4, -0.2) is 20.1 Å². The Balaban J connectivity index is 2.44. The summed E-state index contributed by atoms with van der Waals surface area (Å²) in [7, 11) is 0. The summed E-state index contributed by atoms with van der Waals surface area (Å²) in [4.78, 5) is 4.29. The number of nitrogens with zero attached hydrogens (tertiary/aromatic N) is 3. The smallest absolute Gasteiger partial charge is 0.138 e. The Morgan fingerprint density at radius 2 is 2.12 bits per heavy atom. The average molecular weight is 244 g/mol. The topological polar surface area (TPSA) is 30.7 Å². The molecule has 1 rings (SSSR count). The normalized spacial score (nSPS) is 13.3. The van der Waals surface area contributed by atoms with Gasteiger partial charge in [-0.3, -0.25) is 0 Å². The van der Waals surface area contributed by atoms with Crippen LogP contribution in [0, 0.1) is 5.92 Å². The number of halogens is 1. The van der Waals surface area contributed by atoms with Crippen LogP contribution < -0.4 is 0 Å². The highest BCUT2D eigenvalue weighted by Gasteiger charge is 2.09. The fraction of sp³-hybridized carbons (Fsp3) is 0.833. The molecule has 1 aromatic heterocycles. The highest BCUT2D eigenvalue weighted by atomic mass is 35.5. The first-order valence-electron chi connectivity index (χ1n) is 6.14. The van der Waals surface area contributed by atoms with Crippen LogP contribution in [0.3, 0.4) is 0 Å². The summed E-state index contributed by atoms with van der Waals surface area (Å²) in [5.74, 6) is 1.67. The summed E-state index contributed by atoms with van der Waals surface area (Å²) in [6, 6.07) is 0. The molecule has 0 aliphatic rings. The monoisotopic (exact) mass is 243 g/mol. The molecule has 0 radical (unpaired) electrons. The molecule has 0 saturated heterocycles. The molecule has 0 amide bonds. The van der Waals surface area contributed by atoms with Gasteiger partial charge in [-0.25, -0.2) is 9.67 Å². The van der Waals surface area contributed by atoms with Crippen LogP contribution >= 0.6 is 11.6 Å². The summed E-state index contributed by atoms with van der Waals surface area (Å²) in [5, 5.41) is 4.52. The molecule has 0 fully saturated rings. The molecule has 3 nitrogen and oxygen atoms in total. The molecule has 92 valence electrons. The zero-order valence-corrected chi connectivity index (χ0v) is 11.2. The van der Waals surface area contributed by atoms with E-state index < -0.39 is 0 Å². The van der Waals surface area contributed by atoms with Crippen LogP contribution in [0.2, 0.25) is 0 Å². The Morgan fingerprint density at radius 3 is 2.75 bits per heavy atom. The molecular weight excluding hydrogens is 222 g/mol. The van der Waals surface area contributed by atoms with E-state index in [9.17, 15) is 0 Å². The predicted octanol–water partition coefficient (Wildman–Crippen LogP) is 3.27. The third kappa shape index (κ3) is 4.52. The van der Waals surface area contributed by atoms with Crippen molar-refractivity contribution < 1.29 is 0 Å². The van der Waals surface area contributed by atoms with E-state index in [1.807, 2.05) is 4.68 Å². The van der Waals surface area contributed by atoms with Gasteiger partial charge < -0.3 is 0 Å². The molecule has 0 bridgehead atoms. The number of aryl methyl sites for hydroxylation is 1. The van der Waals surface area contributed by atoms with Crippen molar-refractivity contribution in [2.75, 3.05) is 0 Å².